The predicted molar refractivity (Wildman–Crippen MR) is 129 cm³/mol. The Morgan fingerprint density at radius 2 is 1.97 bits per heavy atom. The van der Waals surface area contributed by atoms with E-state index in [9.17, 15) is 24.2 Å². The van der Waals surface area contributed by atoms with Gasteiger partial charge in [0.05, 0.1) is 12.9 Å². The van der Waals surface area contributed by atoms with Crippen LogP contribution >= 0.6 is 26.8 Å². The normalized spacial score (nSPS) is 19.8. The Hall–Kier alpha value is -1.47. The quantitative estimate of drug-likeness (QED) is 0.124. The third-order valence-electron chi connectivity index (χ3n) is 5.60. The standard InChI is InChI=1S/C19H29ClFN5O8P2/c1-2-5-11(8-34-36(32,33)10-35(29,30)31)15(27)13(21)18(28)26-9-22-14-16(23-12-6-3-4-7-12)24-19(20)25-17(14)26/h5,9,12-13,15,18,27-28H,2-4,6-8,10H2,1H3,(H,32,33)(H,23,24,25)(H2,29,30,31)/b11-5-/t13-,15+,18+/m0/s1. The maximum Gasteiger partial charge on any atom is 0.340 e. The van der Waals surface area contributed by atoms with Crippen molar-refractivity contribution in [3.63, 3.8) is 0 Å². The molecule has 1 unspecified atom stereocenters. The van der Waals surface area contributed by atoms with Crippen molar-refractivity contribution in [1.29, 1.82) is 0 Å². The summed E-state index contributed by atoms with van der Waals surface area (Å²) in [6.45, 7) is 0.843. The zero-order valence-corrected chi connectivity index (χ0v) is 21.9. The van der Waals surface area contributed by atoms with Crippen molar-refractivity contribution in [2.24, 2.45) is 0 Å². The summed E-state index contributed by atoms with van der Waals surface area (Å²) in [5.74, 6) is -1.10. The molecule has 0 aliphatic heterocycles. The summed E-state index contributed by atoms with van der Waals surface area (Å²) >= 11 is 6.05. The lowest BCUT2D eigenvalue weighted by Crippen LogP contribution is -2.34. The molecule has 2 aromatic heterocycles. The van der Waals surface area contributed by atoms with E-state index in [0.29, 0.717) is 5.82 Å². The number of rotatable bonds is 12. The van der Waals surface area contributed by atoms with Crippen LogP contribution in [0.2, 0.25) is 5.28 Å². The Morgan fingerprint density at radius 3 is 2.58 bits per heavy atom. The Kier molecular flexibility index (Phi) is 9.64. The minimum atomic E-state index is -4.87. The third kappa shape index (κ3) is 7.53. The predicted octanol–water partition coefficient (Wildman–Crippen LogP) is 2.70. The van der Waals surface area contributed by atoms with Gasteiger partial charge in [-0.3, -0.25) is 13.7 Å². The van der Waals surface area contributed by atoms with E-state index in [2.05, 4.69) is 20.3 Å². The van der Waals surface area contributed by atoms with Crippen LogP contribution in [-0.2, 0) is 13.7 Å². The van der Waals surface area contributed by atoms with Crippen LogP contribution in [0.5, 0.6) is 0 Å². The van der Waals surface area contributed by atoms with Crippen molar-refractivity contribution in [3.05, 3.63) is 23.3 Å². The summed E-state index contributed by atoms with van der Waals surface area (Å²) < 4.78 is 43.9. The molecular formula is C19H29ClFN5O8P2. The first kappa shape index (κ1) is 29.1. The highest BCUT2D eigenvalue weighted by atomic mass is 35.5. The molecule has 2 heterocycles. The van der Waals surface area contributed by atoms with Gasteiger partial charge in [-0.1, -0.05) is 25.8 Å². The van der Waals surface area contributed by atoms with E-state index in [1.54, 1.807) is 6.92 Å². The Labute approximate surface area is 211 Å². The first-order chi connectivity index (χ1) is 16.8. The summed E-state index contributed by atoms with van der Waals surface area (Å²) in [4.78, 5) is 39.9. The number of aliphatic hydroxyl groups excluding tert-OH is 2. The number of allylic oxidation sites excluding steroid dienone is 1. The number of anilines is 1. The average Bonchev–Trinajstić information content (AvgIpc) is 3.43. The second-order valence-electron chi connectivity index (χ2n) is 8.50. The van der Waals surface area contributed by atoms with Crippen molar-refractivity contribution in [2.75, 3.05) is 17.8 Å². The van der Waals surface area contributed by atoms with E-state index >= 15 is 4.39 Å². The smallest absolute Gasteiger partial charge is 0.340 e. The number of aliphatic hydroxyl groups is 2. The SMILES string of the molecule is CC/C=C(/COP(=O)(O)CP(=O)(O)O)[C@@H](O)[C@H](F)[C@@H](O)n1cnc2c(NC3CCCC3)nc(Cl)nc21. The number of aromatic nitrogens is 4. The molecule has 36 heavy (non-hydrogen) atoms. The molecule has 2 aromatic rings. The van der Waals surface area contributed by atoms with Gasteiger partial charge in [-0.2, -0.15) is 9.97 Å². The molecule has 0 amide bonds. The van der Waals surface area contributed by atoms with Gasteiger partial charge in [0.15, 0.2) is 35.3 Å². The molecule has 0 spiro atoms. The summed E-state index contributed by atoms with van der Waals surface area (Å²) in [7, 11) is -9.61. The number of imidazole rings is 1. The van der Waals surface area contributed by atoms with E-state index in [1.165, 1.54) is 6.08 Å². The van der Waals surface area contributed by atoms with Crippen LogP contribution in [0.25, 0.3) is 11.2 Å². The Morgan fingerprint density at radius 1 is 1.31 bits per heavy atom. The van der Waals surface area contributed by atoms with Gasteiger partial charge in [0.2, 0.25) is 5.28 Å². The Bertz CT molecular complexity index is 1190. The van der Waals surface area contributed by atoms with E-state index < -0.39 is 46.2 Å². The van der Waals surface area contributed by atoms with Gasteiger partial charge in [0.1, 0.15) is 6.10 Å². The molecule has 3 rings (SSSR count). The molecule has 13 nitrogen and oxygen atoms in total. The monoisotopic (exact) mass is 571 g/mol. The molecule has 0 saturated heterocycles. The molecule has 1 aliphatic rings. The summed E-state index contributed by atoms with van der Waals surface area (Å²) in [6, 6.07) is 0.166. The minimum Gasteiger partial charge on any atom is -0.385 e. The molecule has 6 N–H and O–H groups in total. The van der Waals surface area contributed by atoms with E-state index in [0.717, 1.165) is 36.6 Å². The van der Waals surface area contributed by atoms with Crippen LogP contribution in [-0.4, -0.2) is 75.2 Å². The van der Waals surface area contributed by atoms with Crippen LogP contribution in [0.3, 0.4) is 0 Å². The van der Waals surface area contributed by atoms with Gasteiger partial charge < -0.3 is 34.7 Å². The topological polar surface area (TPSA) is 200 Å². The van der Waals surface area contributed by atoms with E-state index in [1.807, 2.05) is 0 Å². The second-order valence-corrected chi connectivity index (χ2v) is 12.8. The maximum atomic E-state index is 15.3. The van der Waals surface area contributed by atoms with Crippen LogP contribution in [0.15, 0.2) is 18.0 Å². The summed E-state index contributed by atoms with van der Waals surface area (Å²) in [5.41, 5.74) is 0.0691. The zero-order valence-electron chi connectivity index (χ0n) is 19.3. The van der Waals surface area contributed by atoms with Crippen LogP contribution in [0.4, 0.5) is 10.2 Å². The van der Waals surface area contributed by atoms with Crippen molar-refractivity contribution < 1.29 is 42.9 Å². The fraction of sp³-hybridized carbons (Fsp3) is 0.632. The van der Waals surface area contributed by atoms with Crippen LogP contribution < -0.4 is 5.32 Å². The molecule has 202 valence electrons. The van der Waals surface area contributed by atoms with Gasteiger partial charge in [-0.25, -0.2) is 9.37 Å². The number of nitrogens with one attached hydrogen (secondary N) is 1. The number of fused-ring (bicyclic) bond motifs is 1. The maximum absolute atomic E-state index is 15.3. The number of alkyl halides is 1. The lowest BCUT2D eigenvalue weighted by atomic mass is 10.0. The minimum absolute atomic E-state index is 0.0246. The molecular weight excluding hydrogens is 543 g/mol. The largest absolute Gasteiger partial charge is 0.385 e. The van der Waals surface area contributed by atoms with Gasteiger partial charge in [-0.05, 0) is 36.4 Å². The molecule has 0 bridgehead atoms. The number of nitrogens with zero attached hydrogens (tertiary/aromatic N) is 4. The molecule has 1 saturated carbocycles. The van der Waals surface area contributed by atoms with Crippen molar-refractivity contribution in [3.8, 4) is 0 Å². The van der Waals surface area contributed by atoms with E-state index in [-0.39, 0.29) is 34.5 Å². The van der Waals surface area contributed by atoms with Gasteiger partial charge in [0.25, 0.3) is 0 Å². The number of hydrogen-bond donors (Lipinski definition) is 6. The highest BCUT2D eigenvalue weighted by molar-refractivity contribution is 7.70. The van der Waals surface area contributed by atoms with Crippen LogP contribution in [0, 0.1) is 0 Å². The average molecular weight is 572 g/mol. The molecule has 1 aliphatic carbocycles. The zero-order chi connectivity index (χ0) is 26.7. The third-order valence-corrected chi connectivity index (χ3v) is 9.21. The molecule has 17 heteroatoms. The molecule has 1 fully saturated rings. The van der Waals surface area contributed by atoms with Crippen molar-refractivity contribution in [2.45, 2.75) is 63.6 Å². The molecule has 4 atom stereocenters. The summed E-state index contributed by atoms with van der Waals surface area (Å²) in [6.07, 6.45) is 0.351. The van der Waals surface area contributed by atoms with Gasteiger partial charge in [0, 0.05) is 6.04 Å². The second kappa shape index (κ2) is 11.9. The van der Waals surface area contributed by atoms with Crippen molar-refractivity contribution in [1.82, 2.24) is 19.5 Å². The highest BCUT2D eigenvalue weighted by Crippen LogP contribution is 2.55. The first-order valence-electron chi connectivity index (χ1n) is 11.2. The summed E-state index contributed by atoms with van der Waals surface area (Å²) in [5, 5.41) is 24.4. The van der Waals surface area contributed by atoms with Crippen molar-refractivity contribution >= 4 is 43.8 Å². The molecule has 0 radical (unpaired) electrons. The number of hydrogen-bond acceptors (Lipinski definition) is 9. The lowest BCUT2D eigenvalue weighted by molar-refractivity contribution is -0.0352. The van der Waals surface area contributed by atoms with Gasteiger partial charge in [-0.15, -0.1) is 0 Å². The van der Waals surface area contributed by atoms with E-state index in [4.69, 9.17) is 25.9 Å². The van der Waals surface area contributed by atoms with Crippen LogP contribution in [0.1, 0.15) is 45.3 Å². The highest BCUT2D eigenvalue weighted by Gasteiger charge is 2.35. The number of halogens is 2. The van der Waals surface area contributed by atoms with Gasteiger partial charge >= 0.3 is 15.2 Å². The Balaban J connectivity index is 1.79. The fourth-order valence-electron chi connectivity index (χ4n) is 3.94. The molecule has 0 aromatic carbocycles. The lowest BCUT2D eigenvalue weighted by Gasteiger charge is -2.25. The first-order valence-corrected chi connectivity index (χ1v) is 15.1. The fourth-order valence-corrected chi connectivity index (χ4v) is 6.65.